The quantitative estimate of drug-likeness (QED) is 0.794. The predicted octanol–water partition coefficient (Wildman–Crippen LogP) is 1.46. The number of aryl methyl sites for hydroxylation is 1. The van der Waals surface area contributed by atoms with Crippen LogP contribution in [0.5, 0.6) is 0 Å². The number of hydrogen-bond donors (Lipinski definition) is 1. The molecule has 2 aliphatic heterocycles. The average molecular weight is 339 g/mol. The fourth-order valence-electron chi connectivity index (χ4n) is 3.09. The largest absolute Gasteiger partial charge is 0.356 e. The Bertz CT molecular complexity index is 859. The molecule has 0 bridgehead atoms. The van der Waals surface area contributed by atoms with Crippen molar-refractivity contribution >= 4 is 54.4 Å². The lowest BCUT2D eigenvalue weighted by Crippen LogP contribution is -2.36. The molecule has 0 saturated carbocycles. The van der Waals surface area contributed by atoms with Gasteiger partial charge in [-0.3, -0.25) is 0 Å². The first-order valence-corrected chi connectivity index (χ1v) is 9.65. The molecular formula is C13H13N3O2S3. The van der Waals surface area contributed by atoms with E-state index in [1.807, 2.05) is 30.0 Å². The van der Waals surface area contributed by atoms with E-state index in [0.717, 1.165) is 20.9 Å². The number of sulfone groups is 1. The van der Waals surface area contributed by atoms with Crippen molar-refractivity contribution in [2.75, 3.05) is 16.4 Å². The van der Waals surface area contributed by atoms with E-state index in [1.165, 1.54) is 0 Å². The van der Waals surface area contributed by atoms with Crippen molar-refractivity contribution in [3.63, 3.8) is 0 Å². The van der Waals surface area contributed by atoms with Gasteiger partial charge in [-0.25, -0.2) is 13.4 Å². The Morgan fingerprint density at radius 1 is 1.43 bits per heavy atom. The number of thiazole rings is 1. The Balaban J connectivity index is 1.78. The fraction of sp³-hybridized carbons (Fsp3) is 0.385. The fourth-order valence-corrected chi connectivity index (χ4v) is 6.23. The lowest BCUT2D eigenvalue weighted by molar-refractivity contribution is 0.600. The second kappa shape index (κ2) is 4.37. The van der Waals surface area contributed by atoms with Gasteiger partial charge in [0, 0.05) is 5.69 Å². The maximum absolute atomic E-state index is 11.8. The van der Waals surface area contributed by atoms with Crippen LogP contribution in [0.2, 0.25) is 0 Å². The van der Waals surface area contributed by atoms with Gasteiger partial charge in [0.25, 0.3) is 0 Å². The molecule has 0 amide bonds. The summed E-state index contributed by atoms with van der Waals surface area (Å²) in [5.74, 6) is 0.320. The summed E-state index contributed by atoms with van der Waals surface area (Å²) >= 11 is 7.02. The summed E-state index contributed by atoms with van der Waals surface area (Å²) in [6.45, 7) is 1.98. The molecule has 21 heavy (non-hydrogen) atoms. The molecule has 110 valence electrons. The lowest BCUT2D eigenvalue weighted by Gasteiger charge is -2.23. The van der Waals surface area contributed by atoms with E-state index in [4.69, 9.17) is 12.2 Å². The van der Waals surface area contributed by atoms with E-state index in [-0.39, 0.29) is 23.6 Å². The van der Waals surface area contributed by atoms with Gasteiger partial charge in [-0.05, 0) is 37.3 Å². The maximum atomic E-state index is 11.8. The zero-order valence-electron chi connectivity index (χ0n) is 11.2. The summed E-state index contributed by atoms with van der Waals surface area (Å²) in [6.07, 6.45) is 0. The summed E-state index contributed by atoms with van der Waals surface area (Å²) in [5.41, 5.74) is 1.91. The highest BCUT2D eigenvalue weighted by Gasteiger charge is 2.47. The predicted molar refractivity (Wildman–Crippen MR) is 88.8 cm³/mol. The number of benzene rings is 1. The van der Waals surface area contributed by atoms with Gasteiger partial charge >= 0.3 is 0 Å². The zero-order valence-corrected chi connectivity index (χ0v) is 13.7. The highest BCUT2D eigenvalue weighted by molar-refractivity contribution is 7.91. The number of rotatable bonds is 1. The monoisotopic (exact) mass is 339 g/mol. The van der Waals surface area contributed by atoms with E-state index in [1.54, 1.807) is 11.3 Å². The van der Waals surface area contributed by atoms with Crippen molar-refractivity contribution in [2.24, 2.45) is 0 Å². The summed E-state index contributed by atoms with van der Waals surface area (Å²) < 4.78 is 24.7. The van der Waals surface area contributed by atoms with Crippen LogP contribution in [-0.2, 0) is 9.84 Å². The highest BCUT2D eigenvalue weighted by atomic mass is 32.2. The average Bonchev–Trinajstić information content (AvgIpc) is 2.96. The molecule has 5 nitrogen and oxygen atoms in total. The van der Waals surface area contributed by atoms with E-state index in [0.29, 0.717) is 5.11 Å². The molecule has 2 aliphatic rings. The third-order valence-corrected chi connectivity index (χ3v) is 6.90. The number of thiocarbonyl (C=S) groups is 1. The van der Waals surface area contributed by atoms with Gasteiger partial charge in [0.1, 0.15) is 0 Å². The highest BCUT2D eigenvalue weighted by Crippen LogP contribution is 2.33. The first-order valence-electron chi connectivity index (χ1n) is 6.60. The molecule has 0 radical (unpaired) electrons. The Kier molecular flexibility index (Phi) is 2.79. The van der Waals surface area contributed by atoms with Crippen LogP contribution < -0.4 is 10.2 Å². The van der Waals surface area contributed by atoms with E-state index >= 15 is 0 Å². The Morgan fingerprint density at radius 2 is 2.24 bits per heavy atom. The molecule has 1 N–H and O–H groups in total. The van der Waals surface area contributed by atoms with Crippen molar-refractivity contribution in [1.29, 1.82) is 0 Å². The number of fused-ring (bicyclic) bond motifs is 2. The minimum Gasteiger partial charge on any atom is -0.356 e. The molecule has 1 aromatic carbocycles. The minimum atomic E-state index is -2.98. The van der Waals surface area contributed by atoms with Crippen LogP contribution in [0.1, 0.15) is 5.01 Å². The maximum Gasteiger partial charge on any atom is 0.174 e. The Labute approximate surface area is 131 Å². The molecule has 3 heterocycles. The molecule has 2 saturated heterocycles. The molecule has 2 aromatic rings. The lowest BCUT2D eigenvalue weighted by atomic mass is 10.1. The van der Waals surface area contributed by atoms with Crippen LogP contribution in [0.15, 0.2) is 18.2 Å². The van der Waals surface area contributed by atoms with Crippen molar-refractivity contribution in [3.05, 3.63) is 23.2 Å². The van der Waals surface area contributed by atoms with Gasteiger partial charge in [0.15, 0.2) is 14.9 Å². The van der Waals surface area contributed by atoms with Gasteiger partial charge in [-0.1, -0.05) is 0 Å². The Morgan fingerprint density at radius 3 is 3.05 bits per heavy atom. The van der Waals surface area contributed by atoms with Crippen LogP contribution in [0, 0.1) is 6.92 Å². The molecule has 2 fully saturated rings. The molecule has 0 spiro atoms. The van der Waals surface area contributed by atoms with Crippen LogP contribution in [-0.4, -0.2) is 42.1 Å². The topological polar surface area (TPSA) is 62.3 Å². The molecular weight excluding hydrogens is 326 g/mol. The first-order chi connectivity index (χ1) is 9.93. The van der Waals surface area contributed by atoms with Crippen LogP contribution in [0.25, 0.3) is 10.2 Å². The molecule has 4 rings (SSSR count). The summed E-state index contributed by atoms with van der Waals surface area (Å²) in [5, 5.41) is 4.77. The normalized spacial score (nSPS) is 27.1. The molecule has 0 unspecified atom stereocenters. The SMILES string of the molecule is Cc1nc2ccc(N3C(=S)N[C@H]4CS(=O)(=O)C[C@@H]43)cc2s1. The van der Waals surface area contributed by atoms with Crippen LogP contribution in [0.4, 0.5) is 5.69 Å². The van der Waals surface area contributed by atoms with Gasteiger partial charge in [0.05, 0.1) is 38.8 Å². The summed E-state index contributed by atoms with van der Waals surface area (Å²) in [4.78, 5) is 6.39. The number of anilines is 1. The number of hydrogen-bond acceptors (Lipinski definition) is 5. The van der Waals surface area contributed by atoms with E-state index in [2.05, 4.69) is 10.3 Å². The number of aromatic nitrogens is 1. The smallest absolute Gasteiger partial charge is 0.174 e. The first kappa shape index (κ1) is 13.4. The summed E-state index contributed by atoms with van der Waals surface area (Å²) in [6, 6.07) is 5.77. The molecule has 8 heteroatoms. The minimum absolute atomic E-state index is 0.0959. The van der Waals surface area contributed by atoms with E-state index < -0.39 is 9.84 Å². The zero-order chi connectivity index (χ0) is 14.8. The van der Waals surface area contributed by atoms with Crippen LogP contribution in [0.3, 0.4) is 0 Å². The summed E-state index contributed by atoms with van der Waals surface area (Å²) in [7, 11) is -2.98. The molecule has 0 aliphatic carbocycles. The Hall–Kier alpha value is -1.25. The number of nitrogens with one attached hydrogen (secondary N) is 1. The van der Waals surface area contributed by atoms with Crippen molar-refractivity contribution in [3.8, 4) is 0 Å². The van der Waals surface area contributed by atoms with Crippen molar-refractivity contribution < 1.29 is 8.42 Å². The van der Waals surface area contributed by atoms with Gasteiger partial charge < -0.3 is 10.2 Å². The molecule has 1 aromatic heterocycles. The standard InChI is InChI=1S/C13H13N3O2S3/c1-7-14-9-3-2-8(4-12(9)20-7)16-11-6-21(17,18)5-10(11)15-13(16)19/h2-4,10-11H,5-6H2,1H3,(H,15,19)/t10-,11-/m0/s1. The number of nitrogens with zero attached hydrogens (tertiary/aromatic N) is 2. The third kappa shape index (κ3) is 2.13. The van der Waals surface area contributed by atoms with E-state index in [9.17, 15) is 8.42 Å². The van der Waals surface area contributed by atoms with Gasteiger partial charge in [-0.15, -0.1) is 11.3 Å². The van der Waals surface area contributed by atoms with Crippen molar-refractivity contribution in [2.45, 2.75) is 19.0 Å². The second-order valence-corrected chi connectivity index (χ2v) is 9.23. The second-order valence-electron chi connectivity index (χ2n) is 5.46. The van der Waals surface area contributed by atoms with Crippen molar-refractivity contribution in [1.82, 2.24) is 10.3 Å². The third-order valence-electron chi connectivity index (χ3n) is 3.94. The molecule has 2 atom stereocenters. The van der Waals surface area contributed by atoms with Gasteiger partial charge in [0.2, 0.25) is 0 Å². The van der Waals surface area contributed by atoms with Gasteiger partial charge in [-0.2, -0.15) is 0 Å². The van der Waals surface area contributed by atoms with Crippen LogP contribution >= 0.6 is 23.6 Å².